The average Bonchev–Trinajstić information content (AvgIpc) is 2.45. The predicted molar refractivity (Wildman–Crippen MR) is 80.2 cm³/mol. The molecule has 1 aliphatic rings. The molecular weight excluding hydrogens is 238 g/mol. The Bertz CT molecular complexity index is 250. The first-order valence-electron chi connectivity index (χ1n) is 7.91. The van der Waals surface area contributed by atoms with E-state index in [0.29, 0.717) is 0 Å². The van der Waals surface area contributed by atoms with Gasteiger partial charge in [-0.05, 0) is 64.7 Å². The van der Waals surface area contributed by atoms with Crippen LogP contribution in [0.25, 0.3) is 0 Å². The van der Waals surface area contributed by atoms with E-state index in [1.54, 1.807) is 0 Å². The van der Waals surface area contributed by atoms with E-state index in [4.69, 9.17) is 0 Å². The van der Waals surface area contributed by atoms with Crippen molar-refractivity contribution in [2.24, 2.45) is 5.92 Å². The van der Waals surface area contributed by atoms with Gasteiger partial charge in [0.25, 0.3) is 0 Å². The maximum Gasteiger partial charge on any atom is 0.237 e. The summed E-state index contributed by atoms with van der Waals surface area (Å²) in [5.41, 5.74) is 0. The molecule has 2 N–H and O–H groups in total. The maximum absolute atomic E-state index is 11.9. The van der Waals surface area contributed by atoms with Crippen molar-refractivity contribution in [1.82, 2.24) is 15.5 Å². The second kappa shape index (κ2) is 9.32. The highest BCUT2D eigenvalue weighted by molar-refractivity contribution is 5.81. The van der Waals surface area contributed by atoms with E-state index in [-0.39, 0.29) is 11.9 Å². The number of piperidine rings is 1. The zero-order valence-corrected chi connectivity index (χ0v) is 12.9. The lowest BCUT2D eigenvalue weighted by Crippen LogP contribution is -2.49. The van der Waals surface area contributed by atoms with Gasteiger partial charge in [0.05, 0.1) is 6.04 Å². The van der Waals surface area contributed by atoms with Crippen LogP contribution in [-0.4, -0.2) is 49.6 Å². The second-order valence-corrected chi connectivity index (χ2v) is 5.65. The van der Waals surface area contributed by atoms with Gasteiger partial charge in [0.15, 0.2) is 0 Å². The first-order chi connectivity index (χ1) is 9.19. The van der Waals surface area contributed by atoms with Crippen molar-refractivity contribution < 1.29 is 4.79 Å². The largest absolute Gasteiger partial charge is 0.355 e. The van der Waals surface area contributed by atoms with E-state index in [1.165, 1.54) is 19.3 Å². The van der Waals surface area contributed by atoms with E-state index in [2.05, 4.69) is 29.4 Å². The Balaban J connectivity index is 2.22. The van der Waals surface area contributed by atoms with Gasteiger partial charge < -0.3 is 10.6 Å². The van der Waals surface area contributed by atoms with Gasteiger partial charge in [-0.1, -0.05) is 13.8 Å². The van der Waals surface area contributed by atoms with Crippen LogP contribution in [0.15, 0.2) is 0 Å². The highest BCUT2D eigenvalue weighted by atomic mass is 16.2. The normalized spacial score (nSPS) is 19.3. The molecule has 0 aromatic heterocycles. The molecular formula is C15H31N3O. The van der Waals surface area contributed by atoms with E-state index in [1.807, 2.05) is 6.92 Å². The monoisotopic (exact) mass is 269 g/mol. The number of carbonyl (C=O) groups is 1. The van der Waals surface area contributed by atoms with Crippen molar-refractivity contribution in [3.8, 4) is 0 Å². The first kappa shape index (κ1) is 16.4. The van der Waals surface area contributed by atoms with Gasteiger partial charge in [-0.15, -0.1) is 0 Å². The van der Waals surface area contributed by atoms with E-state index in [0.717, 1.165) is 45.1 Å². The number of likely N-dealkylation sites (tertiary alicyclic amines) is 1. The fraction of sp³-hybridized carbons (Fsp3) is 0.933. The lowest BCUT2D eigenvalue weighted by atomic mass is 9.95. The molecule has 1 unspecified atom stereocenters. The van der Waals surface area contributed by atoms with Gasteiger partial charge in [-0.2, -0.15) is 0 Å². The molecule has 1 amide bonds. The van der Waals surface area contributed by atoms with Gasteiger partial charge in [0.2, 0.25) is 5.91 Å². The Hall–Kier alpha value is -0.610. The summed E-state index contributed by atoms with van der Waals surface area (Å²) in [5.74, 6) is 0.970. The van der Waals surface area contributed by atoms with Crippen molar-refractivity contribution in [2.45, 2.75) is 52.5 Å². The molecule has 0 aromatic rings. The number of carbonyl (C=O) groups excluding carboxylic acids is 1. The lowest BCUT2D eigenvalue weighted by Gasteiger charge is -2.35. The fourth-order valence-corrected chi connectivity index (χ4v) is 2.59. The van der Waals surface area contributed by atoms with Gasteiger partial charge in [0.1, 0.15) is 0 Å². The Labute approximate surface area is 118 Å². The molecule has 0 radical (unpaired) electrons. The summed E-state index contributed by atoms with van der Waals surface area (Å²) in [6, 6.07) is 0.0242. The first-order valence-corrected chi connectivity index (χ1v) is 7.91. The van der Waals surface area contributed by atoms with Crippen LogP contribution in [0.2, 0.25) is 0 Å². The number of rotatable bonds is 8. The van der Waals surface area contributed by atoms with E-state index < -0.39 is 0 Å². The number of nitrogens with zero attached hydrogens (tertiary/aromatic N) is 1. The fourth-order valence-electron chi connectivity index (χ4n) is 2.59. The van der Waals surface area contributed by atoms with Gasteiger partial charge in [0, 0.05) is 6.54 Å². The summed E-state index contributed by atoms with van der Waals surface area (Å²) in [7, 11) is 0. The molecule has 0 spiro atoms. The summed E-state index contributed by atoms with van der Waals surface area (Å²) >= 11 is 0. The summed E-state index contributed by atoms with van der Waals surface area (Å²) in [6.45, 7) is 11.5. The molecule has 0 aliphatic carbocycles. The quantitative estimate of drug-likeness (QED) is 0.658. The summed E-state index contributed by atoms with van der Waals surface area (Å²) in [4.78, 5) is 14.2. The Morgan fingerprint density at radius 1 is 1.21 bits per heavy atom. The standard InChI is InChI=1S/C15H31N3O/c1-4-8-16-12-14-6-10-18(11-7-14)13(3)15(19)17-9-5-2/h13-14,16H,4-12H2,1-3H3,(H,17,19). The molecule has 0 bridgehead atoms. The molecule has 1 heterocycles. The number of amides is 1. The van der Waals surface area contributed by atoms with E-state index in [9.17, 15) is 4.79 Å². The molecule has 4 heteroatoms. The minimum absolute atomic E-state index is 0.0242. The highest BCUT2D eigenvalue weighted by Crippen LogP contribution is 2.18. The molecule has 0 aromatic carbocycles. The second-order valence-electron chi connectivity index (χ2n) is 5.65. The maximum atomic E-state index is 11.9. The molecule has 1 rings (SSSR count). The molecule has 1 atom stereocenters. The molecule has 1 aliphatic heterocycles. The van der Waals surface area contributed by atoms with Crippen LogP contribution in [-0.2, 0) is 4.79 Å². The predicted octanol–water partition coefficient (Wildman–Crippen LogP) is 1.61. The van der Waals surface area contributed by atoms with Crippen LogP contribution in [0.1, 0.15) is 46.5 Å². The average molecular weight is 269 g/mol. The van der Waals surface area contributed by atoms with Crippen LogP contribution < -0.4 is 10.6 Å². The molecule has 1 fully saturated rings. The van der Waals surface area contributed by atoms with Crippen LogP contribution in [0.4, 0.5) is 0 Å². The number of hydrogen-bond donors (Lipinski definition) is 2. The van der Waals surface area contributed by atoms with Crippen molar-refractivity contribution in [2.75, 3.05) is 32.7 Å². The SMILES string of the molecule is CCCNCC1CCN(C(C)C(=O)NCCC)CC1. The molecule has 4 nitrogen and oxygen atoms in total. The zero-order chi connectivity index (χ0) is 14.1. The van der Waals surface area contributed by atoms with Gasteiger partial charge in [-0.3, -0.25) is 9.69 Å². The van der Waals surface area contributed by atoms with E-state index >= 15 is 0 Å². The minimum atomic E-state index is 0.0242. The van der Waals surface area contributed by atoms with Gasteiger partial charge in [-0.25, -0.2) is 0 Å². The zero-order valence-electron chi connectivity index (χ0n) is 12.9. The Morgan fingerprint density at radius 3 is 2.42 bits per heavy atom. The highest BCUT2D eigenvalue weighted by Gasteiger charge is 2.25. The Morgan fingerprint density at radius 2 is 1.84 bits per heavy atom. The third-order valence-electron chi connectivity index (χ3n) is 3.99. The third-order valence-corrected chi connectivity index (χ3v) is 3.99. The molecule has 1 saturated heterocycles. The topological polar surface area (TPSA) is 44.4 Å². The third kappa shape index (κ3) is 5.91. The summed E-state index contributed by atoms with van der Waals surface area (Å²) in [5, 5.41) is 6.49. The minimum Gasteiger partial charge on any atom is -0.355 e. The number of hydrogen-bond acceptors (Lipinski definition) is 3. The van der Waals surface area contributed by atoms with Gasteiger partial charge >= 0.3 is 0 Å². The van der Waals surface area contributed by atoms with Crippen LogP contribution >= 0.6 is 0 Å². The van der Waals surface area contributed by atoms with Crippen molar-refractivity contribution in [3.63, 3.8) is 0 Å². The molecule has 19 heavy (non-hydrogen) atoms. The summed E-state index contributed by atoms with van der Waals surface area (Å²) < 4.78 is 0. The van der Waals surface area contributed by atoms with Crippen LogP contribution in [0.5, 0.6) is 0 Å². The van der Waals surface area contributed by atoms with Crippen molar-refractivity contribution >= 4 is 5.91 Å². The van der Waals surface area contributed by atoms with Crippen LogP contribution in [0.3, 0.4) is 0 Å². The molecule has 112 valence electrons. The summed E-state index contributed by atoms with van der Waals surface area (Å²) in [6.07, 6.45) is 4.63. The van der Waals surface area contributed by atoms with Crippen molar-refractivity contribution in [1.29, 1.82) is 0 Å². The Kier molecular flexibility index (Phi) is 8.07. The lowest BCUT2D eigenvalue weighted by molar-refractivity contribution is -0.126. The molecule has 0 saturated carbocycles. The van der Waals surface area contributed by atoms with Crippen molar-refractivity contribution in [3.05, 3.63) is 0 Å². The van der Waals surface area contributed by atoms with Crippen LogP contribution in [0, 0.1) is 5.92 Å². The number of nitrogens with one attached hydrogen (secondary N) is 2. The smallest absolute Gasteiger partial charge is 0.237 e.